The molecular formula is C17H19NO. The van der Waals surface area contributed by atoms with E-state index in [-0.39, 0.29) is 11.2 Å². The van der Waals surface area contributed by atoms with Crippen LogP contribution in [-0.2, 0) is 0 Å². The Hall–Kier alpha value is -1.62. The highest BCUT2D eigenvalue weighted by atomic mass is 16.1. The van der Waals surface area contributed by atoms with Gasteiger partial charge < -0.3 is 0 Å². The van der Waals surface area contributed by atoms with Gasteiger partial charge in [-0.15, -0.1) is 0 Å². The van der Waals surface area contributed by atoms with E-state index in [9.17, 15) is 4.79 Å². The quantitative estimate of drug-likeness (QED) is 0.762. The van der Waals surface area contributed by atoms with E-state index >= 15 is 0 Å². The van der Waals surface area contributed by atoms with Gasteiger partial charge in [-0.25, -0.2) is 0 Å². The average molecular weight is 253 g/mol. The molecule has 98 valence electrons. The molecule has 1 aromatic rings. The Morgan fingerprint density at radius 3 is 2.68 bits per heavy atom. The SMILES string of the molecule is [CH2]CC1C[CH]C(C)(CC(=O)c2ccc(C#N)cc2)C1. The lowest BCUT2D eigenvalue weighted by Crippen LogP contribution is -2.18. The van der Waals surface area contributed by atoms with Crippen molar-refractivity contribution < 1.29 is 4.79 Å². The maximum absolute atomic E-state index is 12.3. The fraction of sp³-hybridized carbons (Fsp3) is 0.412. The molecule has 2 nitrogen and oxygen atoms in total. The summed E-state index contributed by atoms with van der Waals surface area (Å²) in [5, 5.41) is 8.75. The minimum atomic E-state index is 0.00728. The lowest BCUT2D eigenvalue weighted by molar-refractivity contribution is 0.0937. The molecule has 1 aliphatic rings. The molecule has 0 bridgehead atoms. The number of rotatable bonds is 4. The molecule has 0 heterocycles. The number of ketones is 1. The molecule has 0 amide bonds. The van der Waals surface area contributed by atoms with Gasteiger partial charge in [0.25, 0.3) is 0 Å². The zero-order valence-electron chi connectivity index (χ0n) is 11.4. The first-order valence-corrected chi connectivity index (χ1v) is 6.73. The van der Waals surface area contributed by atoms with Crippen LogP contribution < -0.4 is 0 Å². The number of nitrogens with zero attached hydrogens (tertiary/aromatic N) is 1. The van der Waals surface area contributed by atoms with Crippen molar-refractivity contribution in [2.24, 2.45) is 11.3 Å². The van der Waals surface area contributed by atoms with Crippen LogP contribution in [0.5, 0.6) is 0 Å². The fourth-order valence-corrected chi connectivity index (χ4v) is 2.84. The molecule has 2 atom stereocenters. The minimum absolute atomic E-state index is 0.00728. The van der Waals surface area contributed by atoms with Gasteiger partial charge in [0.2, 0.25) is 0 Å². The smallest absolute Gasteiger partial charge is 0.163 e. The number of nitriles is 1. The van der Waals surface area contributed by atoms with Crippen LogP contribution in [0.3, 0.4) is 0 Å². The molecule has 1 saturated carbocycles. The number of hydrogen-bond donors (Lipinski definition) is 0. The van der Waals surface area contributed by atoms with Crippen molar-refractivity contribution in [2.75, 3.05) is 0 Å². The number of hydrogen-bond acceptors (Lipinski definition) is 2. The summed E-state index contributed by atoms with van der Waals surface area (Å²) < 4.78 is 0. The molecule has 19 heavy (non-hydrogen) atoms. The summed E-state index contributed by atoms with van der Waals surface area (Å²) in [5.74, 6) is 0.784. The van der Waals surface area contributed by atoms with E-state index in [2.05, 4.69) is 26.3 Å². The molecule has 1 fully saturated rings. The summed E-state index contributed by atoms with van der Waals surface area (Å²) in [6.07, 6.45) is 5.90. The van der Waals surface area contributed by atoms with E-state index < -0.39 is 0 Å². The lowest BCUT2D eigenvalue weighted by atomic mass is 9.81. The van der Waals surface area contributed by atoms with Crippen molar-refractivity contribution in [2.45, 2.75) is 32.6 Å². The molecule has 0 spiro atoms. The van der Waals surface area contributed by atoms with Crippen LogP contribution in [0.4, 0.5) is 0 Å². The molecule has 0 N–H and O–H groups in total. The zero-order valence-corrected chi connectivity index (χ0v) is 11.4. The predicted molar refractivity (Wildman–Crippen MR) is 75.2 cm³/mol. The highest BCUT2D eigenvalue weighted by Crippen LogP contribution is 2.44. The van der Waals surface area contributed by atoms with E-state index in [1.807, 2.05) is 0 Å². The summed E-state index contributed by atoms with van der Waals surface area (Å²) >= 11 is 0. The maximum atomic E-state index is 12.3. The highest BCUT2D eigenvalue weighted by molar-refractivity contribution is 5.96. The molecule has 1 aliphatic carbocycles. The van der Waals surface area contributed by atoms with Gasteiger partial charge in [0.15, 0.2) is 5.78 Å². The average Bonchev–Trinajstić information content (AvgIpc) is 2.80. The third-order valence-corrected chi connectivity index (χ3v) is 4.01. The lowest BCUT2D eigenvalue weighted by Gasteiger charge is -2.23. The zero-order chi connectivity index (χ0) is 13.9. The standard InChI is InChI=1S/C17H19NO/c1-3-13-8-9-17(2,10-13)11-16(19)15-6-4-14(12-18)5-7-15/h4-7,9,13H,1,3,8,10-11H2,2H3. The van der Waals surface area contributed by atoms with Gasteiger partial charge in [0.05, 0.1) is 11.6 Å². The molecular weight excluding hydrogens is 234 g/mol. The van der Waals surface area contributed by atoms with Gasteiger partial charge in [-0.05, 0) is 42.7 Å². The van der Waals surface area contributed by atoms with Crippen molar-refractivity contribution in [1.82, 2.24) is 0 Å². The molecule has 1 aromatic carbocycles. The van der Waals surface area contributed by atoms with Crippen LogP contribution in [0, 0.1) is 36.0 Å². The summed E-state index contributed by atoms with van der Waals surface area (Å²) in [7, 11) is 0. The largest absolute Gasteiger partial charge is 0.294 e. The van der Waals surface area contributed by atoms with Crippen LogP contribution in [-0.4, -0.2) is 5.78 Å². The first kappa shape index (κ1) is 13.8. The van der Waals surface area contributed by atoms with Gasteiger partial charge in [0, 0.05) is 12.0 Å². The summed E-state index contributed by atoms with van der Waals surface area (Å²) in [5.41, 5.74) is 1.30. The Bertz CT molecular complexity index is 497. The van der Waals surface area contributed by atoms with Gasteiger partial charge in [-0.1, -0.05) is 32.4 Å². The Kier molecular flexibility index (Phi) is 4.04. The van der Waals surface area contributed by atoms with Crippen molar-refractivity contribution in [3.05, 3.63) is 48.7 Å². The molecule has 0 saturated heterocycles. The van der Waals surface area contributed by atoms with Crippen LogP contribution in [0.25, 0.3) is 0 Å². The van der Waals surface area contributed by atoms with Gasteiger partial charge >= 0.3 is 0 Å². The van der Waals surface area contributed by atoms with Gasteiger partial charge in [-0.3, -0.25) is 4.79 Å². The topological polar surface area (TPSA) is 40.9 Å². The normalized spacial score (nSPS) is 26.1. The third kappa shape index (κ3) is 3.23. The Morgan fingerprint density at radius 1 is 1.47 bits per heavy atom. The van der Waals surface area contributed by atoms with E-state index in [4.69, 9.17) is 5.26 Å². The summed E-state index contributed by atoms with van der Waals surface area (Å²) in [6, 6.07) is 8.96. The number of Topliss-reactive ketones (excluding diaryl/α,β-unsaturated/α-hetero) is 1. The Balaban J connectivity index is 2.03. The molecule has 2 unspecified atom stereocenters. The number of carbonyl (C=O) groups excluding carboxylic acids is 1. The van der Waals surface area contributed by atoms with Crippen LogP contribution in [0.15, 0.2) is 24.3 Å². The highest BCUT2D eigenvalue weighted by Gasteiger charge is 2.36. The molecule has 2 rings (SSSR count). The molecule has 0 aliphatic heterocycles. The predicted octanol–water partition coefficient (Wildman–Crippen LogP) is 3.98. The second kappa shape index (κ2) is 5.57. The van der Waals surface area contributed by atoms with Gasteiger partial charge in [-0.2, -0.15) is 5.26 Å². The number of benzene rings is 1. The van der Waals surface area contributed by atoms with E-state index in [0.717, 1.165) is 19.3 Å². The minimum Gasteiger partial charge on any atom is -0.294 e. The Morgan fingerprint density at radius 2 is 2.16 bits per heavy atom. The van der Waals surface area contributed by atoms with Crippen molar-refractivity contribution in [3.8, 4) is 6.07 Å². The van der Waals surface area contributed by atoms with Gasteiger partial charge in [0.1, 0.15) is 0 Å². The van der Waals surface area contributed by atoms with Crippen LogP contribution in [0.1, 0.15) is 48.5 Å². The van der Waals surface area contributed by atoms with Crippen LogP contribution in [0.2, 0.25) is 0 Å². The van der Waals surface area contributed by atoms with E-state index in [0.29, 0.717) is 23.5 Å². The van der Waals surface area contributed by atoms with E-state index in [1.54, 1.807) is 24.3 Å². The number of carbonyl (C=O) groups is 1. The second-order valence-electron chi connectivity index (χ2n) is 5.74. The maximum Gasteiger partial charge on any atom is 0.163 e. The summed E-state index contributed by atoms with van der Waals surface area (Å²) in [4.78, 5) is 12.3. The second-order valence-corrected chi connectivity index (χ2v) is 5.74. The molecule has 2 heteroatoms. The van der Waals surface area contributed by atoms with Crippen molar-refractivity contribution in [3.63, 3.8) is 0 Å². The molecule has 2 radical (unpaired) electrons. The van der Waals surface area contributed by atoms with E-state index in [1.165, 1.54) is 0 Å². The fourth-order valence-electron chi connectivity index (χ4n) is 2.84. The monoisotopic (exact) mass is 253 g/mol. The first-order chi connectivity index (χ1) is 9.06. The van der Waals surface area contributed by atoms with Crippen molar-refractivity contribution in [1.29, 1.82) is 5.26 Å². The Labute approximate surface area is 115 Å². The van der Waals surface area contributed by atoms with Crippen molar-refractivity contribution >= 4 is 5.78 Å². The van der Waals surface area contributed by atoms with Crippen LogP contribution >= 0.6 is 0 Å². The first-order valence-electron chi connectivity index (χ1n) is 6.73. The molecule has 0 aromatic heterocycles. The summed E-state index contributed by atoms with van der Waals surface area (Å²) in [6.45, 7) is 6.11. The third-order valence-electron chi connectivity index (χ3n) is 4.01.